The first-order valence-corrected chi connectivity index (χ1v) is 8.27. The van der Waals surface area contributed by atoms with Crippen molar-refractivity contribution in [2.75, 3.05) is 19.0 Å². The second kappa shape index (κ2) is 7.37. The normalized spacial score (nSPS) is 11.1. The number of hydrogen-bond donors (Lipinski definition) is 1. The largest absolute Gasteiger partial charge is 0.504 e. The first-order chi connectivity index (χ1) is 12.9. The molecule has 6 nitrogen and oxygen atoms in total. The van der Waals surface area contributed by atoms with Gasteiger partial charge in [-0.05, 0) is 48.4 Å². The van der Waals surface area contributed by atoms with Crippen molar-refractivity contribution in [3.63, 3.8) is 0 Å². The molecule has 138 valence electrons. The summed E-state index contributed by atoms with van der Waals surface area (Å²) >= 11 is 0. The summed E-state index contributed by atoms with van der Waals surface area (Å²) in [6, 6.07) is 10.3. The maximum absolute atomic E-state index is 12.4. The second-order valence-electron chi connectivity index (χ2n) is 6.28. The van der Waals surface area contributed by atoms with Crippen molar-refractivity contribution in [2.45, 2.75) is 6.92 Å². The van der Waals surface area contributed by atoms with Gasteiger partial charge >= 0.3 is 5.63 Å². The lowest BCUT2D eigenvalue weighted by molar-refractivity contribution is -0.120. The van der Waals surface area contributed by atoms with Crippen molar-refractivity contribution in [3.05, 3.63) is 63.5 Å². The Hall–Kier alpha value is -3.54. The Morgan fingerprint density at radius 1 is 1.11 bits per heavy atom. The molecule has 3 aromatic rings. The zero-order valence-electron chi connectivity index (χ0n) is 15.2. The van der Waals surface area contributed by atoms with Crippen molar-refractivity contribution in [3.8, 4) is 11.5 Å². The molecule has 0 saturated heterocycles. The highest BCUT2D eigenvalue weighted by atomic mass is 16.5. The van der Waals surface area contributed by atoms with E-state index in [1.807, 2.05) is 44.1 Å². The standard InChI is InChI=1S/C21H19NO5/c1-13-16-8-6-15(22(2)3)11-19(16)27-21(25)17(13)7-4-14-5-9-18(24)20(10-14)26-12-23/h4-12,24H,1-3H3. The predicted octanol–water partition coefficient (Wildman–Crippen LogP) is 3.58. The molecule has 0 amide bonds. The quantitative estimate of drug-likeness (QED) is 0.550. The van der Waals surface area contributed by atoms with Crippen LogP contribution in [-0.2, 0) is 4.79 Å². The van der Waals surface area contributed by atoms with E-state index in [4.69, 9.17) is 9.15 Å². The molecule has 0 aliphatic carbocycles. The Morgan fingerprint density at radius 3 is 2.59 bits per heavy atom. The molecule has 0 fully saturated rings. The van der Waals surface area contributed by atoms with E-state index in [0.717, 1.165) is 16.6 Å². The van der Waals surface area contributed by atoms with Crippen molar-refractivity contribution < 1.29 is 19.1 Å². The number of rotatable bonds is 5. The van der Waals surface area contributed by atoms with Crippen LogP contribution in [0.5, 0.6) is 11.5 Å². The molecule has 0 radical (unpaired) electrons. The van der Waals surface area contributed by atoms with E-state index in [1.54, 1.807) is 18.2 Å². The monoisotopic (exact) mass is 365 g/mol. The summed E-state index contributed by atoms with van der Waals surface area (Å²) < 4.78 is 10.2. The van der Waals surface area contributed by atoms with Crippen LogP contribution in [0.4, 0.5) is 5.69 Å². The lowest BCUT2D eigenvalue weighted by Crippen LogP contribution is -2.09. The number of fused-ring (bicyclic) bond motifs is 1. The van der Waals surface area contributed by atoms with Gasteiger partial charge in [-0.15, -0.1) is 0 Å². The highest BCUT2D eigenvalue weighted by Gasteiger charge is 2.10. The number of nitrogens with zero attached hydrogens (tertiary/aromatic N) is 1. The topological polar surface area (TPSA) is 80.0 Å². The Morgan fingerprint density at radius 2 is 1.89 bits per heavy atom. The van der Waals surface area contributed by atoms with Gasteiger partial charge in [0.05, 0.1) is 5.56 Å². The van der Waals surface area contributed by atoms with E-state index in [2.05, 4.69) is 0 Å². The van der Waals surface area contributed by atoms with Crippen molar-refractivity contribution in [1.82, 2.24) is 0 Å². The molecule has 0 bridgehead atoms. The molecule has 3 rings (SSSR count). The molecule has 0 unspecified atom stereocenters. The second-order valence-corrected chi connectivity index (χ2v) is 6.28. The number of anilines is 1. The SMILES string of the molecule is Cc1c(C=Cc2ccc(O)c(OC=O)c2)c(=O)oc2cc(N(C)C)ccc12. The molecule has 2 aromatic carbocycles. The number of ether oxygens (including phenoxy) is 1. The Balaban J connectivity index is 2.03. The van der Waals surface area contributed by atoms with Gasteiger partial charge in [0.15, 0.2) is 11.5 Å². The first kappa shape index (κ1) is 18.3. The van der Waals surface area contributed by atoms with Gasteiger partial charge in [-0.25, -0.2) is 4.79 Å². The summed E-state index contributed by atoms with van der Waals surface area (Å²) in [7, 11) is 3.84. The van der Waals surface area contributed by atoms with E-state index in [0.29, 0.717) is 16.7 Å². The fourth-order valence-electron chi connectivity index (χ4n) is 2.79. The summed E-state index contributed by atoms with van der Waals surface area (Å²) in [4.78, 5) is 24.9. The summed E-state index contributed by atoms with van der Waals surface area (Å²) in [5.41, 5.74) is 2.95. The third kappa shape index (κ3) is 3.69. The molecule has 1 N–H and O–H groups in total. The van der Waals surface area contributed by atoms with E-state index in [-0.39, 0.29) is 18.0 Å². The molecule has 27 heavy (non-hydrogen) atoms. The first-order valence-electron chi connectivity index (χ1n) is 8.27. The van der Waals surface area contributed by atoms with Gasteiger partial charge < -0.3 is 19.2 Å². The summed E-state index contributed by atoms with van der Waals surface area (Å²) in [6.45, 7) is 2.11. The minimum atomic E-state index is -0.435. The molecule has 0 saturated carbocycles. The maximum atomic E-state index is 12.4. The number of aromatic hydroxyl groups is 1. The molecule has 1 aromatic heterocycles. The predicted molar refractivity (Wildman–Crippen MR) is 105 cm³/mol. The smallest absolute Gasteiger partial charge is 0.343 e. The fraction of sp³-hybridized carbons (Fsp3) is 0.143. The highest BCUT2D eigenvalue weighted by molar-refractivity contribution is 5.87. The van der Waals surface area contributed by atoms with Gasteiger partial charge in [-0.2, -0.15) is 0 Å². The average molecular weight is 365 g/mol. The van der Waals surface area contributed by atoms with E-state index >= 15 is 0 Å². The van der Waals surface area contributed by atoms with Gasteiger partial charge in [0.25, 0.3) is 6.47 Å². The number of phenols is 1. The van der Waals surface area contributed by atoms with E-state index in [9.17, 15) is 14.7 Å². The molecular weight excluding hydrogens is 346 g/mol. The van der Waals surface area contributed by atoms with Gasteiger partial charge in [0.1, 0.15) is 5.58 Å². The van der Waals surface area contributed by atoms with Gasteiger partial charge in [-0.3, -0.25) is 4.79 Å². The molecule has 0 aliphatic rings. The molecule has 1 heterocycles. The third-order valence-electron chi connectivity index (χ3n) is 4.31. The minimum absolute atomic E-state index is 0.0469. The Labute approximate surface area is 155 Å². The summed E-state index contributed by atoms with van der Waals surface area (Å²) in [5, 5.41) is 10.5. The molecule has 6 heteroatoms. The number of carbonyl (C=O) groups excluding carboxylic acids is 1. The summed E-state index contributed by atoms with van der Waals surface area (Å²) in [5.74, 6) is -0.0945. The minimum Gasteiger partial charge on any atom is -0.504 e. The number of benzene rings is 2. The lowest BCUT2D eigenvalue weighted by atomic mass is 10.0. The van der Waals surface area contributed by atoms with Crippen LogP contribution in [0.15, 0.2) is 45.6 Å². The molecular formula is C21H19NO5. The van der Waals surface area contributed by atoms with Gasteiger partial charge in [0, 0.05) is 31.2 Å². The third-order valence-corrected chi connectivity index (χ3v) is 4.31. The molecule has 0 atom stereocenters. The fourth-order valence-corrected chi connectivity index (χ4v) is 2.79. The van der Waals surface area contributed by atoms with Crippen LogP contribution in [0.1, 0.15) is 16.7 Å². The number of carbonyl (C=O) groups is 1. The van der Waals surface area contributed by atoms with Crippen LogP contribution in [0.2, 0.25) is 0 Å². The highest BCUT2D eigenvalue weighted by Crippen LogP contribution is 2.28. The van der Waals surface area contributed by atoms with Gasteiger partial charge in [-0.1, -0.05) is 12.1 Å². The zero-order chi connectivity index (χ0) is 19.6. The van der Waals surface area contributed by atoms with Crippen molar-refractivity contribution >= 4 is 35.3 Å². The van der Waals surface area contributed by atoms with Crippen LogP contribution in [0.3, 0.4) is 0 Å². The zero-order valence-corrected chi connectivity index (χ0v) is 15.2. The van der Waals surface area contributed by atoms with Crippen LogP contribution < -0.4 is 15.3 Å². The van der Waals surface area contributed by atoms with Crippen molar-refractivity contribution in [1.29, 1.82) is 0 Å². The Kier molecular flexibility index (Phi) is 4.98. The number of phenolic OH excluding ortho intramolecular Hbond substituents is 1. The average Bonchev–Trinajstić information content (AvgIpc) is 2.63. The van der Waals surface area contributed by atoms with Crippen LogP contribution in [0.25, 0.3) is 23.1 Å². The molecule has 0 aliphatic heterocycles. The van der Waals surface area contributed by atoms with Crippen LogP contribution in [-0.4, -0.2) is 25.7 Å². The molecule has 0 spiro atoms. The van der Waals surface area contributed by atoms with E-state index in [1.165, 1.54) is 12.1 Å². The Bertz CT molecular complexity index is 1100. The number of hydrogen-bond acceptors (Lipinski definition) is 6. The number of aryl methyl sites for hydroxylation is 1. The lowest BCUT2D eigenvalue weighted by Gasteiger charge is -2.13. The van der Waals surface area contributed by atoms with Crippen LogP contribution >= 0.6 is 0 Å². The maximum Gasteiger partial charge on any atom is 0.343 e. The summed E-state index contributed by atoms with van der Waals surface area (Å²) in [6.07, 6.45) is 3.34. The van der Waals surface area contributed by atoms with Gasteiger partial charge in [0.2, 0.25) is 0 Å². The van der Waals surface area contributed by atoms with Crippen LogP contribution in [0, 0.1) is 6.92 Å². The van der Waals surface area contributed by atoms with Crippen molar-refractivity contribution in [2.24, 2.45) is 0 Å². The van der Waals surface area contributed by atoms with E-state index < -0.39 is 5.63 Å².